The number of hydrogen-bond donors (Lipinski definition) is 1. The lowest BCUT2D eigenvalue weighted by atomic mass is 10.7. The summed E-state index contributed by atoms with van der Waals surface area (Å²) in [6.07, 6.45) is 3.10. The van der Waals surface area contributed by atoms with E-state index in [4.69, 9.17) is 0 Å². The summed E-state index contributed by atoms with van der Waals surface area (Å²) >= 11 is 0. The zero-order valence-corrected chi connectivity index (χ0v) is 7.80. The van der Waals surface area contributed by atoms with E-state index in [2.05, 4.69) is 9.97 Å². The highest BCUT2D eigenvalue weighted by Crippen LogP contribution is 1.79. The van der Waals surface area contributed by atoms with Crippen LogP contribution in [0.3, 0.4) is 0 Å². The van der Waals surface area contributed by atoms with Gasteiger partial charge >= 0.3 is 11.8 Å². The number of halogens is 2. The molecule has 16 heavy (non-hydrogen) atoms. The van der Waals surface area contributed by atoms with Crippen molar-refractivity contribution in [2.45, 2.75) is 0 Å². The number of nitrogens with zero attached hydrogens (tertiary/aromatic N) is 3. The van der Waals surface area contributed by atoms with Crippen molar-refractivity contribution in [1.82, 2.24) is 19.7 Å². The standard InChI is InChI=1S/C4H3FN2O2.C4H3FN2/c5-7-3(8)1-2-6-4(7)9;5-4-6-2-1-3-7-4/h1-2H,(H,6,9);1-3H. The Labute approximate surface area is 87.2 Å². The summed E-state index contributed by atoms with van der Waals surface area (Å²) < 4.78 is 23.7. The molecule has 2 aromatic rings. The monoisotopic (exact) mass is 228 g/mol. The van der Waals surface area contributed by atoms with Crippen molar-refractivity contribution in [3.63, 3.8) is 0 Å². The Kier molecular flexibility index (Phi) is 4.01. The molecule has 0 unspecified atom stereocenters. The maximum Gasteiger partial charge on any atom is 0.357 e. The van der Waals surface area contributed by atoms with E-state index < -0.39 is 22.1 Å². The second-order valence-corrected chi connectivity index (χ2v) is 2.42. The van der Waals surface area contributed by atoms with Gasteiger partial charge < -0.3 is 4.98 Å². The molecule has 0 aliphatic rings. The van der Waals surface area contributed by atoms with Crippen LogP contribution in [0.2, 0.25) is 0 Å². The topological polar surface area (TPSA) is 80.6 Å². The maximum absolute atomic E-state index is 12.0. The molecule has 6 nitrogen and oxygen atoms in total. The van der Waals surface area contributed by atoms with Crippen LogP contribution in [0, 0.1) is 6.08 Å². The average Bonchev–Trinajstić information content (AvgIpc) is 2.28. The van der Waals surface area contributed by atoms with Gasteiger partial charge in [-0.25, -0.2) is 14.8 Å². The van der Waals surface area contributed by atoms with Gasteiger partial charge in [0.15, 0.2) is 0 Å². The smallest absolute Gasteiger partial charge is 0.312 e. The molecule has 0 fully saturated rings. The molecular weight excluding hydrogens is 222 g/mol. The van der Waals surface area contributed by atoms with E-state index >= 15 is 0 Å². The van der Waals surface area contributed by atoms with Crippen LogP contribution in [-0.4, -0.2) is 19.7 Å². The Balaban J connectivity index is 0.000000165. The first-order chi connectivity index (χ1) is 7.61. The zero-order valence-electron chi connectivity index (χ0n) is 7.80. The first-order valence-electron chi connectivity index (χ1n) is 4.00. The summed E-state index contributed by atoms with van der Waals surface area (Å²) in [4.78, 5) is 28.3. The lowest BCUT2D eigenvalue weighted by Gasteiger charge is -1.83. The zero-order chi connectivity index (χ0) is 12.0. The highest BCUT2D eigenvalue weighted by atomic mass is 19.2. The number of nitrogens with one attached hydrogen (secondary N) is 1. The molecule has 2 heterocycles. The van der Waals surface area contributed by atoms with E-state index in [1.165, 1.54) is 12.4 Å². The van der Waals surface area contributed by atoms with Gasteiger partial charge in [0.25, 0.3) is 5.56 Å². The van der Waals surface area contributed by atoms with Crippen molar-refractivity contribution >= 4 is 0 Å². The Hall–Kier alpha value is -2.38. The minimum absolute atomic E-state index is 0.500. The van der Waals surface area contributed by atoms with Crippen LogP contribution >= 0.6 is 0 Å². The second-order valence-electron chi connectivity index (χ2n) is 2.42. The Morgan fingerprint density at radius 2 is 1.88 bits per heavy atom. The van der Waals surface area contributed by atoms with Gasteiger partial charge in [-0.1, -0.05) is 9.27 Å². The Morgan fingerprint density at radius 1 is 1.25 bits per heavy atom. The first-order valence-corrected chi connectivity index (χ1v) is 4.00. The van der Waals surface area contributed by atoms with Gasteiger partial charge in [-0.2, -0.15) is 4.39 Å². The summed E-state index contributed by atoms with van der Waals surface area (Å²) in [6.45, 7) is 0. The van der Waals surface area contributed by atoms with E-state index in [1.807, 2.05) is 4.98 Å². The van der Waals surface area contributed by atoms with Crippen LogP contribution in [0.15, 0.2) is 40.3 Å². The predicted octanol–water partition coefficient (Wildman–Crippen LogP) is -0.115. The molecule has 0 saturated heterocycles. The highest BCUT2D eigenvalue weighted by molar-refractivity contribution is 4.79. The number of aromatic amines is 1. The number of aromatic nitrogens is 4. The summed E-state index contributed by atoms with van der Waals surface area (Å²) in [7, 11) is 0. The number of hydrogen-bond acceptors (Lipinski definition) is 4. The van der Waals surface area contributed by atoms with Crippen LogP contribution in [-0.2, 0) is 0 Å². The van der Waals surface area contributed by atoms with E-state index in [0.29, 0.717) is 0 Å². The Morgan fingerprint density at radius 3 is 2.25 bits per heavy atom. The molecule has 0 aliphatic carbocycles. The normalized spacial score (nSPS) is 9.12. The lowest BCUT2D eigenvalue weighted by molar-refractivity contribution is 0.330. The molecule has 1 N–H and O–H groups in total. The van der Waals surface area contributed by atoms with E-state index in [9.17, 15) is 18.5 Å². The van der Waals surface area contributed by atoms with Gasteiger partial charge in [-0.15, -0.1) is 0 Å². The second kappa shape index (κ2) is 5.49. The van der Waals surface area contributed by atoms with Gasteiger partial charge in [0, 0.05) is 24.7 Å². The fourth-order valence-electron chi connectivity index (χ4n) is 0.687. The highest BCUT2D eigenvalue weighted by Gasteiger charge is 1.93. The quantitative estimate of drug-likeness (QED) is 0.637. The van der Waals surface area contributed by atoms with Crippen LogP contribution in [0.5, 0.6) is 0 Å². The van der Waals surface area contributed by atoms with Crippen molar-refractivity contribution in [3.8, 4) is 0 Å². The minimum atomic E-state index is -1.05. The third-order valence-corrected chi connectivity index (χ3v) is 1.34. The lowest BCUT2D eigenvalue weighted by Crippen LogP contribution is -2.28. The van der Waals surface area contributed by atoms with E-state index in [0.717, 1.165) is 12.3 Å². The van der Waals surface area contributed by atoms with Gasteiger partial charge in [0.05, 0.1) is 0 Å². The summed E-state index contributed by atoms with van der Waals surface area (Å²) in [5, 5.41) is 0. The minimum Gasteiger partial charge on any atom is -0.312 e. The third kappa shape index (κ3) is 3.40. The van der Waals surface area contributed by atoms with Gasteiger partial charge in [-0.3, -0.25) is 4.79 Å². The molecule has 2 rings (SSSR count). The first kappa shape index (κ1) is 11.7. The average molecular weight is 228 g/mol. The van der Waals surface area contributed by atoms with Gasteiger partial charge in [0.1, 0.15) is 0 Å². The predicted molar refractivity (Wildman–Crippen MR) is 49.8 cm³/mol. The molecule has 0 amide bonds. The van der Waals surface area contributed by atoms with Crippen molar-refractivity contribution in [1.29, 1.82) is 0 Å². The SMILES string of the molecule is Fc1ncccn1.O=c1cc[nH]c(=O)n1F. The van der Waals surface area contributed by atoms with Crippen LogP contribution in [0.1, 0.15) is 0 Å². The molecule has 8 heteroatoms. The van der Waals surface area contributed by atoms with Crippen molar-refractivity contribution in [2.24, 2.45) is 0 Å². The summed E-state index contributed by atoms with van der Waals surface area (Å²) in [6, 6.07) is 2.48. The molecule has 0 radical (unpaired) electrons. The maximum atomic E-state index is 12.0. The van der Waals surface area contributed by atoms with Gasteiger partial charge in [0.2, 0.25) is 0 Å². The molecule has 2 aromatic heterocycles. The molecule has 0 saturated carbocycles. The van der Waals surface area contributed by atoms with Crippen molar-refractivity contribution in [2.75, 3.05) is 0 Å². The summed E-state index contributed by atoms with van der Waals surface area (Å²) in [5.41, 5.74) is -2.01. The summed E-state index contributed by atoms with van der Waals surface area (Å²) in [5.74, 6) is 0. The molecular formula is C8H6F2N4O2. The van der Waals surface area contributed by atoms with E-state index in [-0.39, 0.29) is 0 Å². The molecule has 0 aromatic carbocycles. The fourth-order valence-corrected chi connectivity index (χ4v) is 0.687. The van der Waals surface area contributed by atoms with Crippen molar-refractivity contribution < 1.29 is 8.87 Å². The molecule has 0 bridgehead atoms. The number of rotatable bonds is 0. The van der Waals surface area contributed by atoms with Gasteiger partial charge in [-0.05, 0) is 6.07 Å². The number of H-pyrrole nitrogens is 1. The van der Waals surface area contributed by atoms with Crippen LogP contribution in [0.4, 0.5) is 8.87 Å². The molecule has 0 aliphatic heterocycles. The van der Waals surface area contributed by atoms with Crippen LogP contribution in [0.25, 0.3) is 0 Å². The molecule has 84 valence electrons. The van der Waals surface area contributed by atoms with Crippen LogP contribution < -0.4 is 11.2 Å². The van der Waals surface area contributed by atoms with E-state index in [1.54, 1.807) is 6.07 Å². The third-order valence-electron chi connectivity index (χ3n) is 1.34. The van der Waals surface area contributed by atoms with Crippen molar-refractivity contribution in [3.05, 3.63) is 57.6 Å². The Bertz CT molecular complexity index is 523. The molecule has 0 spiro atoms. The largest absolute Gasteiger partial charge is 0.357 e. The fraction of sp³-hybridized carbons (Fsp3) is 0. The molecule has 0 atom stereocenters.